The van der Waals surface area contributed by atoms with Crippen LogP contribution < -0.4 is 4.90 Å². The first-order valence-corrected chi connectivity index (χ1v) is 13.1. The molecule has 1 fully saturated rings. The van der Waals surface area contributed by atoms with Gasteiger partial charge < -0.3 is 0 Å². The number of aromatic nitrogens is 1. The maximum absolute atomic E-state index is 13.5. The van der Waals surface area contributed by atoms with Crippen LogP contribution in [0.2, 0.25) is 0 Å². The molecule has 0 radical (unpaired) electrons. The molecule has 0 N–H and O–H groups in total. The van der Waals surface area contributed by atoms with Gasteiger partial charge >= 0.3 is 0 Å². The predicted octanol–water partition coefficient (Wildman–Crippen LogP) is 4.15. The van der Waals surface area contributed by atoms with Crippen LogP contribution in [0, 0.1) is 11.7 Å². The number of hydrogen-bond acceptors (Lipinski definition) is 5. The number of sulfonamides is 1. The van der Waals surface area contributed by atoms with E-state index >= 15 is 0 Å². The van der Waals surface area contributed by atoms with E-state index in [0.29, 0.717) is 43.3 Å². The lowest BCUT2D eigenvalue weighted by Gasteiger charge is -2.32. The van der Waals surface area contributed by atoms with E-state index in [4.69, 9.17) is 0 Å². The number of hydrogen-bond donors (Lipinski definition) is 0. The maximum atomic E-state index is 13.5. The van der Waals surface area contributed by atoms with E-state index in [1.54, 1.807) is 17.0 Å². The molecular weight excluding hydrogens is 449 g/mol. The van der Waals surface area contributed by atoms with Gasteiger partial charge in [-0.2, -0.15) is 0 Å². The Balaban J connectivity index is 1.58. The number of anilines is 1. The van der Waals surface area contributed by atoms with Gasteiger partial charge in [0.2, 0.25) is 15.9 Å². The van der Waals surface area contributed by atoms with E-state index in [2.05, 4.69) is 4.98 Å². The molecular formula is C23H24FN3O3S2. The third-order valence-electron chi connectivity index (χ3n) is 5.58. The molecule has 1 aromatic heterocycles. The van der Waals surface area contributed by atoms with Gasteiger partial charge in [0.25, 0.3) is 0 Å². The van der Waals surface area contributed by atoms with Crippen LogP contribution >= 0.6 is 11.3 Å². The largest absolute Gasteiger partial charge is 0.283 e. The number of halogens is 1. The Labute approximate surface area is 191 Å². The number of carbonyl (C=O) groups excluding carboxylic acids is 1. The Hall–Kier alpha value is -2.62. The number of amides is 1. The molecule has 0 unspecified atom stereocenters. The quantitative estimate of drug-likeness (QED) is 0.539. The maximum Gasteiger partial charge on any atom is 0.232 e. The molecule has 0 spiro atoms. The molecule has 32 heavy (non-hydrogen) atoms. The third-order valence-corrected chi connectivity index (χ3v) is 7.75. The van der Waals surface area contributed by atoms with Gasteiger partial charge in [-0.3, -0.25) is 9.69 Å². The molecule has 0 aliphatic carbocycles. The minimum Gasteiger partial charge on any atom is -0.283 e. The van der Waals surface area contributed by atoms with Crippen molar-refractivity contribution in [1.29, 1.82) is 0 Å². The van der Waals surface area contributed by atoms with Crippen molar-refractivity contribution in [2.24, 2.45) is 5.92 Å². The molecule has 0 saturated carbocycles. The highest BCUT2D eigenvalue weighted by atomic mass is 32.2. The average molecular weight is 474 g/mol. The van der Waals surface area contributed by atoms with E-state index in [9.17, 15) is 17.6 Å². The molecule has 4 rings (SSSR count). The minimum atomic E-state index is -3.25. The fourth-order valence-corrected chi connectivity index (χ4v) is 5.51. The average Bonchev–Trinajstić information content (AvgIpc) is 3.28. The van der Waals surface area contributed by atoms with E-state index < -0.39 is 10.0 Å². The van der Waals surface area contributed by atoms with Gasteiger partial charge in [0.1, 0.15) is 5.82 Å². The van der Waals surface area contributed by atoms with Gasteiger partial charge in [0.05, 0.1) is 18.5 Å². The Kier molecular flexibility index (Phi) is 6.68. The topological polar surface area (TPSA) is 70.6 Å². The monoisotopic (exact) mass is 473 g/mol. The van der Waals surface area contributed by atoms with Gasteiger partial charge in [-0.25, -0.2) is 22.1 Å². The van der Waals surface area contributed by atoms with Gasteiger partial charge in [0, 0.05) is 30.0 Å². The lowest BCUT2D eigenvalue weighted by atomic mass is 9.96. The number of thiazole rings is 1. The normalized spacial score (nSPS) is 15.6. The van der Waals surface area contributed by atoms with Gasteiger partial charge in [0.15, 0.2) is 5.13 Å². The molecule has 0 atom stereocenters. The fraction of sp³-hybridized carbons (Fsp3) is 0.304. The van der Waals surface area contributed by atoms with E-state index in [1.165, 1.54) is 34.0 Å². The molecule has 2 aromatic carbocycles. The van der Waals surface area contributed by atoms with Crippen molar-refractivity contribution in [3.05, 3.63) is 71.4 Å². The molecule has 1 aliphatic rings. The van der Waals surface area contributed by atoms with Crippen molar-refractivity contribution in [1.82, 2.24) is 9.29 Å². The summed E-state index contributed by atoms with van der Waals surface area (Å²) < 4.78 is 38.3. The standard InChI is InChI=1S/C23H24FN3O3S2/c1-32(29,30)26-13-11-19(12-14-26)22(28)27(15-17-5-3-2-4-6-17)23-25-21(16-31-23)18-7-9-20(24)10-8-18/h2-10,16,19H,11-15H2,1H3. The lowest BCUT2D eigenvalue weighted by Crippen LogP contribution is -2.44. The molecule has 168 valence electrons. The number of piperidine rings is 1. The highest BCUT2D eigenvalue weighted by molar-refractivity contribution is 7.88. The summed E-state index contributed by atoms with van der Waals surface area (Å²) in [6.45, 7) is 1.06. The molecule has 1 saturated heterocycles. The highest BCUT2D eigenvalue weighted by Crippen LogP contribution is 2.31. The predicted molar refractivity (Wildman–Crippen MR) is 124 cm³/mol. The summed E-state index contributed by atoms with van der Waals surface area (Å²) >= 11 is 1.37. The Morgan fingerprint density at radius 1 is 1.12 bits per heavy atom. The van der Waals surface area contributed by atoms with E-state index in [1.807, 2.05) is 35.7 Å². The van der Waals surface area contributed by atoms with Crippen LogP contribution in [0.1, 0.15) is 18.4 Å². The smallest absolute Gasteiger partial charge is 0.232 e. The van der Waals surface area contributed by atoms with Gasteiger partial charge in [-0.05, 0) is 42.7 Å². The Morgan fingerprint density at radius 3 is 2.41 bits per heavy atom. The van der Waals surface area contributed by atoms with Crippen molar-refractivity contribution in [2.45, 2.75) is 19.4 Å². The fourth-order valence-electron chi connectivity index (χ4n) is 3.80. The number of nitrogens with zero attached hydrogens (tertiary/aromatic N) is 3. The zero-order chi connectivity index (χ0) is 22.7. The first kappa shape index (κ1) is 22.6. The first-order valence-electron chi connectivity index (χ1n) is 10.3. The summed E-state index contributed by atoms with van der Waals surface area (Å²) in [5, 5.41) is 2.43. The molecule has 1 aliphatic heterocycles. The molecule has 2 heterocycles. The van der Waals surface area contributed by atoms with Crippen molar-refractivity contribution >= 4 is 32.4 Å². The van der Waals surface area contributed by atoms with E-state index in [0.717, 1.165) is 11.1 Å². The zero-order valence-electron chi connectivity index (χ0n) is 17.6. The summed E-state index contributed by atoms with van der Waals surface area (Å²) in [5.41, 5.74) is 2.44. The second-order valence-corrected chi connectivity index (χ2v) is 10.7. The third kappa shape index (κ3) is 5.23. The van der Waals surface area contributed by atoms with Crippen molar-refractivity contribution in [2.75, 3.05) is 24.2 Å². The van der Waals surface area contributed by atoms with Crippen molar-refractivity contribution in [3.63, 3.8) is 0 Å². The van der Waals surface area contributed by atoms with Gasteiger partial charge in [-0.1, -0.05) is 30.3 Å². The SMILES string of the molecule is CS(=O)(=O)N1CCC(C(=O)N(Cc2ccccc2)c2nc(-c3ccc(F)cc3)cs2)CC1. The molecule has 6 nitrogen and oxygen atoms in total. The summed E-state index contributed by atoms with van der Waals surface area (Å²) in [6, 6.07) is 15.8. The Morgan fingerprint density at radius 2 is 1.78 bits per heavy atom. The van der Waals surface area contributed by atoms with Crippen LogP contribution in [0.5, 0.6) is 0 Å². The number of carbonyl (C=O) groups is 1. The van der Waals surface area contributed by atoms with Crippen LogP contribution in [0.3, 0.4) is 0 Å². The van der Waals surface area contributed by atoms with Crippen LogP contribution in [0.15, 0.2) is 60.0 Å². The van der Waals surface area contributed by atoms with Crippen molar-refractivity contribution < 1.29 is 17.6 Å². The second-order valence-electron chi connectivity index (χ2n) is 7.87. The molecule has 0 bridgehead atoms. The Bertz CT molecular complexity index is 1170. The molecule has 9 heteroatoms. The summed E-state index contributed by atoms with van der Waals surface area (Å²) in [7, 11) is -3.25. The van der Waals surface area contributed by atoms with Crippen LogP contribution in [0.25, 0.3) is 11.3 Å². The lowest BCUT2D eigenvalue weighted by molar-refractivity contribution is -0.123. The number of rotatable bonds is 6. The van der Waals surface area contributed by atoms with E-state index in [-0.39, 0.29) is 17.6 Å². The minimum absolute atomic E-state index is 0.0537. The van der Waals surface area contributed by atoms with Crippen LogP contribution in [-0.4, -0.2) is 43.0 Å². The van der Waals surface area contributed by atoms with Crippen LogP contribution in [-0.2, 0) is 21.4 Å². The highest BCUT2D eigenvalue weighted by Gasteiger charge is 2.33. The molecule has 3 aromatic rings. The van der Waals surface area contributed by atoms with Gasteiger partial charge in [-0.15, -0.1) is 11.3 Å². The van der Waals surface area contributed by atoms with Crippen molar-refractivity contribution in [3.8, 4) is 11.3 Å². The summed E-state index contributed by atoms with van der Waals surface area (Å²) in [5.74, 6) is -0.637. The molecule has 1 amide bonds. The number of benzene rings is 2. The van der Waals surface area contributed by atoms with Crippen LogP contribution in [0.4, 0.5) is 9.52 Å². The first-order chi connectivity index (χ1) is 15.3. The second kappa shape index (κ2) is 9.48. The zero-order valence-corrected chi connectivity index (χ0v) is 19.3. The summed E-state index contributed by atoms with van der Waals surface area (Å²) in [4.78, 5) is 19.9. The summed E-state index contributed by atoms with van der Waals surface area (Å²) in [6.07, 6.45) is 2.16.